The first-order valence-corrected chi connectivity index (χ1v) is 16.3. The van der Waals surface area contributed by atoms with Gasteiger partial charge in [0, 0.05) is 24.6 Å². The molecule has 11 nitrogen and oxygen atoms in total. The highest BCUT2D eigenvalue weighted by molar-refractivity contribution is 8.15. The van der Waals surface area contributed by atoms with E-state index in [-0.39, 0.29) is 11.1 Å². The van der Waals surface area contributed by atoms with Gasteiger partial charge in [-0.2, -0.15) is 5.21 Å². The van der Waals surface area contributed by atoms with Gasteiger partial charge in [-0.05, 0) is 58.5 Å². The maximum atomic E-state index is 12.8. The molecule has 3 heterocycles. The van der Waals surface area contributed by atoms with Crippen LogP contribution in [0.5, 0.6) is 5.75 Å². The van der Waals surface area contributed by atoms with Crippen molar-refractivity contribution in [1.82, 2.24) is 35.5 Å². The van der Waals surface area contributed by atoms with Crippen molar-refractivity contribution in [3.8, 4) is 28.3 Å². The van der Waals surface area contributed by atoms with Crippen molar-refractivity contribution in [3.63, 3.8) is 0 Å². The van der Waals surface area contributed by atoms with Gasteiger partial charge in [0.15, 0.2) is 5.15 Å². The van der Waals surface area contributed by atoms with Crippen molar-refractivity contribution < 1.29 is 19.1 Å². The van der Waals surface area contributed by atoms with Crippen LogP contribution >= 0.6 is 23.4 Å². The van der Waals surface area contributed by atoms with Crippen molar-refractivity contribution in [2.75, 3.05) is 0 Å². The van der Waals surface area contributed by atoms with E-state index in [4.69, 9.17) is 16.3 Å². The Morgan fingerprint density at radius 3 is 2.45 bits per heavy atom. The fraction of sp³-hybridized carbons (Fsp3) is 0.206. The summed E-state index contributed by atoms with van der Waals surface area (Å²) in [7, 11) is 0. The standard InChI is InChI=1S/C34H30ClN7O4S/c1-2-3-8-29-36-31(35)27(17-18-30(43)46-24-15-11-21(12-16-24)19-28-33(44)37-34(45)47-28)42(29)20-22-9-13-23(14-10-22)25-6-4-5-7-26(25)32-38-40-41-39-32/h4-7,9-18,28H,2-3,8,19-20H2,1H3,(H,37,44,45)(H,38,39,40,41)/b18-17+. The van der Waals surface area contributed by atoms with Crippen molar-refractivity contribution in [1.29, 1.82) is 0 Å². The minimum atomic E-state index is -0.572. The third-order valence-electron chi connectivity index (χ3n) is 7.62. The minimum Gasteiger partial charge on any atom is -0.423 e. The Kier molecular flexibility index (Phi) is 9.89. The number of benzene rings is 3. The summed E-state index contributed by atoms with van der Waals surface area (Å²) >= 11 is 7.59. The Morgan fingerprint density at radius 1 is 1.02 bits per heavy atom. The molecule has 3 aromatic carbocycles. The molecule has 5 aromatic rings. The summed E-state index contributed by atoms with van der Waals surface area (Å²) in [4.78, 5) is 40.7. The molecule has 47 heavy (non-hydrogen) atoms. The maximum Gasteiger partial charge on any atom is 0.336 e. The van der Waals surface area contributed by atoms with Crippen molar-refractivity contribution >= 4 is 46.6 Å². The SMILES string of the molecule is CCCCc1nc(Cl)c(/C=C/C(=O)Oc2ccc(CC3SC(=O)NC3=O)cc2)n1Cc1ccc(-c2ccccc2-c2nn[nH]n2)cc1. The lowest BCUT2D eigenvalue weighted by Crippen LogP contribution is -2.25. The number of rotatable bonds is 12. The number of halogens is 1. The summed E-state index contributed by atoms with van der Waals surface area (Å²) in [5.41, 5.74) is 5.37. The number of aryl methyl sites for hydroxylation is 1. The number of hydrogen-bond acceptors (Lipinski definition) is 9. The van der Waals surface area contributed by atoms with Gasteiger partial charge in [-0.25, -0.2) is 9.78 Å². The second-order valence-corrected chi connectivity index (χ2v) is 12.4. The summed E-state index contributed by atoms with van der Waals surface area (Å²) in [5, 5.41) is 16.3. The molecule has 0 aliphatic carbocycles. The first-order valence-electron chi connectivity index (χ1n) is 15.0. The first kappa shape index (κ1) is 31.9. The number of aromatic nitrogens is 6. The van der Waals surface area contributed by atoms with Gasteiger partial charge in [0.05, 0.1) is 10.9 Å². The van der Waals surface area contributed by atoms with Crippen LogP contribution < -0.4 is 10.1 Å². The Bertz CT molecular complexity index is 1920. The Morgan fingerprint density at radius 2 is 1.77 bits per heavy atom. The van der Waals surface area contributed by atoms with Crippen LogP contribution in [0.3, 0.4) is 0 Å². The van der Waals surface area contributed by atoms with E-state index in [0.29, 0.717) is 35.4 Å². The number of tetrazole rings is 1. The molecule has 0 bridgehead atoms. The molecule has 1 unspecified atom stereocenters. The summed E-state index contributed by atoms with van der Waals surface area (Å²) < 4.78 is 7.54. The number of carbonyl (C=O) groups is 3. The molecule has 2 N–H and O–H groups in total. The number of ether oxygens (including phenoxy) is 1. The number of unbranched alkanes of at least 4 members (excludes halogenated alkanes) is 1. The highest BCUT2D eigenvalue weighted by atomic mass is 35.5. The molecule has 6 rings (SSSR count). The fourth-order valence-corrected chi connectivity index (χ4v) is 6.37. The van der Waals surface area contributed by atoms with Crippen LogP contribution in [0.4, 0.5) is 4.79 Å². The quantitative estimate of drug-likeness (QED) is 0.0891. The van der Waals surface area contributed by atoms with Crippen LogP contribution in [0.25, 0.3) is 28.6 Å². The Balaban J connectivity index is 1.16. The number of H-pyrrole nitrogens is 1. The number of amides is 2. The zero-order chi connectivity index (χ0) is 32.8. The van der Waals surface area contributed by atoms with Crippen LogP contribution in [0.2, 0.25) is 5.15 Å². The number of aromatic amines is 1. The van der Waals surface area contributed by atoms with Crippen LogP contribution in [-0.4, -0.2) is 52.5 Å². The molecule has 1 aliphatic rings. The summed E-state index contributed by atoms with van der Waals surface area (Å²) in [6, 6.07) is 23.0. The molecule has 238 valence electrons. The smallest absolute Gasteiger partial charge is 0.336 e. The maximum absolute atomic E-state index is 12.8. The van der Waals surface area contributed by atoms with E-state index in [2.05, 4.69) is 62.1 Å². The largest absolute Gasteiger partial charge is 0.423 e. The zero-order valence-electron chi connectivity index (χ0n) is 25.4. The molecule has 2 aromatic heterocycles. The van der Waals surface area contributed by atoms with Crippen LogP contribution in [0.15, 0.2) is 78.9 Å². The van der Waals surface area contributed by atoms with Gasteiger partial charge in [-0.1, -0.05) is 97.4 Å². The lowest BCUT2D eigenvalue weighted by Gasteiger charge is -2.12. The summed E-state index contributed by atoms with van der Waals surface area (Å²) in [6.07, 6.45) is 6.05. The Labute approximate surface area is 279 Å². The average molecular weight is 668 g/mol. The minimum absolute atomic E-state index is 0.295. The Hall–Kier alpha value is -5.07. The number of imide groups is 1. The predicted octanol–water partition coefficient (Wildman–Crippen LogP) is 6.29. The number of thioether (sulfide) groups is 1. The van der Waals surface area contributed by atoms with Gasteiger partial charge in [0.2, 0.25) is 11.7 Å². The molecular formula is C34H30ClN7O4S. The number of hydrogen-bond donors (Lipinski definition) is 2. The highest BCUT2D eigenvalue weighted by Crippen LogP contribution is 2.30. The second kappa shape index (κ2) is 14.6. The van der Waals surface area contributed by atoms with E-state index in [1.807, 2.05) is 28.8 Å². The third-order valence-corrected chi connectivity index (χ3v) is 8.88. The molecule has 1 aliphatic heterocycles. The third kappa shape index (κ3) is 7.67. The van der Waals surface area contributed by atoms with Crippen molar-refractivity contribution in [2.45, 2.75) is 44.4 Å². The molecule has 0 spiro atoms. The van der Waals surface area contributed by atoms with Crippen LogP contribution in [0, 0.1) is 0 Å². The molecule has 0 saturated carbocycles. The van der Waals surface area contributed by atoms with E-state index in [1.165, 1.54) is 6.08 Å². The van der Waals surface area contributed by atoms with Crippen LogP contribution in [-0.2, 0) is 29.0 Å². The molecule has 0 radical (unpaired) electrons. The lowest BCUT2D eigenvalue weighted by molar-refractivity contribution is -0.129. The topological polar surface area (TPSA) is 145 Å². The molecule has 13 heteroatoms. The van der Waals surface area contributed by atoms with E-state index in [0.717, 1.165) is 64.7 Å². The van der Waals surface area contributed by atoms with E-state index in [1.54, 1.807) is 30.3 Å². The van der Waals surface area contributed by atoms with Gasteiger partial charge < -0.3 is 9.30 Å². The van der Waals surface area contributed by atoms with Crippen molar-refractivity contribution in [3.05, 3.63) is 107 Å². The normalized spacial score (nSPS) is 14.6. The second-order valence-electron chi connectivity index (χ2n) is 10.9. The van der Waals surface area contributed by atoms with Crippen LogP contribution in [0.1, 0.15) is 42.4 Å². The molecule has 1 fully saturated rings. The monoisotopic (exact) mass is 667 g/mol. The number of nitrogens with zero attached hydrogens (tertiary/aromatic N) is 5. The van der Waals surface area contributed by atoms with Gasteiger partial charge in [0.25, 0.3) is 5.24 Å². The van der Waals surface area contributed by atoms with Crippen molar-refractivity contribution in [2.24, 2.45) is 0 Å². The van der Waals surface area contributed by atoms with Gasteiger partial charge in [-0.15, -0.1) is 10.2 Å². The molecule has 1 saturated heterocycles. The molecular weight excluding hydrogens is 638 g/mol. The predicted molar refractivity (Wildman–Crippen MR) is 180 cm³/mol. The van der Waals surface area contributed by atoms with E-state index < -0.39 is 11.2 Å². The number of imidazole rings is 1. The fourth-order valence-electron chi connectivity index (χ4n) is 5.25. The number of carbonyl (C=O) groups excluding carboxylic acids is 3. The number of nitrogens with one attached hydrogen (secondary N) is 2. The summed E-state index contributed by atoms with van der Waals surface area (Å²) in [6.45, 7) is 2.62. The van der Waals surface area contributed by atoms with Gasteiger partial charge in [0.1, 0.15) is 11.6 Å². The van der Waals surface area contributed by atoms with E-state index >= 15 is 0 Å². The van der Waals surface area contributed by atoms with E-state index in [9.17, 15) is 14.4 Å². The number of esters is 1. The van der Waals surface area contributed by atoms with Gasteiger partial charge in [-0.3, -0.25) is 14.9 Å². The molecule has 1 atom stereocenters. The first-order chi connectivity index (χ1) is 22.9. The highest BCUT2D eigenvalue weighted by Gasteiger charge is 2.31. The average Bonchev–Trinajstić information content (AvgIpc) is 3.80. The summed E-state index contributed by atoms with van der Waals surface area (Å²) in [5.74, 6) is 0.849. The zero-order valence-corrected chi connectivity index (χ0v) is 26.9. The van der Waals surface area contributed by atoms with Gasteiger partial charge >= 0.3 is 5.97 Å². The molecule has 2 amide bonds. The lowest BCUT2D eigenvalue weighted by atomic mass is 9.98.